The van der Waals surface area contributed by atoms with Crippen molar-refractivity contribution >= 4 is 16.8 Å². The normalized spacial score (nSPS) is 12.1. The number of carbonyl (C=O) groups excluding carboxylic acids is 1. The van der Waals surface area contributed by atoms with Crippen LogP contribution in [0.3, 0.4) is 0 Å². The molecule has 0 aliphatic heterocycles. The first-order chi connectivity index (χ1) is 8.61. The summed E-state index contributed by atoms with van der Waals surface area (Å²) < 4.78 is 1.70. The number of aromatic nitrogens is 2. The Morgan fingerprint density at radius 2 is 2.44 bits per heavy atom. The maximum atomic E-state index is 11.1. The minimum atomic E-state index is -0.479. The van der Waals surface area contributed by atoms with E-state index in [1.165, 1.54) is 0 Å². The number of nitrogens with two attached hydrogens (primary N) is 1. The Balaban J connectivity index is 2.42. The zero-order valence-corrected chi connectivity index (χ0v) is 9.82. The Labute approximate surface area is 103 Å². The minimum absolute atomic E-state index is 0.213. The summed E-state index contributed by atoms with van der Waals surface area (Å²) in [6, 6.07) is 4.92. The molecule has 7 heteroatoms. The van der Waals surface area contributed by atoms with E-state index in [2.05, 4.69) is 15.1 Å². The Morgan fingerprint density at radius 1 is 1.67 bits per heavy atom. The molecule has 1 amide bonds. The van der Waals surface area contributed by atoms with E-state index >= 15 is 0 Å². The number of carbonyl (C=O) groups is 1. The number of benzene rings is 1. The molecule has 0 spiro atoms. The molecule has 1 aromatic carbocycles. The molecule has 0 saturated carbocycles. The molecular formula is C11H12N6O. The minimum Gasteiger partial charge on any atom is -0.366 e. The van der Waals surface area contributed by atoms with Gasteiger partial charge in [-0.1, -0.05) is 18.1 Å². The average molecular weight is 244 g/mol. The monoisotopic (exact) mass is 244 g/mol. The van der Waals surface area contributed by atoms with Crippen LogP contribution in [0.1, 0.15) is 17.3 Å². The molecule has 2 aromatic rings. The summed E-state index contributed by atoms with van der Waals surface area (Å²) in [6.45, 7) is 2.25. The maximum Gasteiger partial charge on any atom is 0.248 e. The molecule has 7 nitrogen and oxygen atoms in total. The van der Waals surface area contributed by atoms with Gasteiger partial charge >= 0.3 is 0 Å². The van der Waals surface area contributed by atoms with Crippen molar-refractivity contribution in [3.8, 4) is 0 Å². The molecule has 0 unspecified atom stereocenters. The summed E-state index contributed by atoms with van der Waals surface area (Å²) in [5, 5.41) is 8.70. The van der Waals surface area contributed by atoms with Crippen molar-refractivity contribution in [2.75, 3.05) is 0 Å². The van der Waals surface area contributed by atoms with E-state index in [4.69, 9.17) is 11.3 Å². The molecule has 92 valence electrons. The number of primary amides is 1. The maximum absolute atomic E-state index is 11.1. The van der Waals surface area contributed by atoms with E-state index in [0.717, 1.165) is 10.9 Å². The summed E-state index contributed by atoms with van der Waals surface area (Å²) in [6.07, 6.45) is 1.70. The number of fused-ring (bicyclic) bond motifs is 1. The topological polar surface area (TPSA) is 110 Å². The van der Waals surface area contributed by atoms with Gasteiger partial charge in [0.1, 0.15) is 0 Å². The summed E-state index contributed by atoms with van der Waals surface area (Å²) >= 11 is 0. The third kappa shape index (κ3) is 2.26. The van der Waals surface area contributed by atoms with E-state index in [1.54, 1.807) is 36.0 Å². The number of hydrogen-bond acceptors (Lipinski definition) is 3. The SMILES string of the molecule is C[C@@H](Cn1ncc2ccc(C(N)=O)cc21)N=[N+]=[N-]. The predicted octanol–water partition coefficient (Wildman–Crippen LogP) is 1.83. The fourth-order valence-electron chi connectivity index (χ4n) is 1.74. The quantitative estimate of drug-likeness (QED) is 0.502. The van der Waals surface area contributed by atoms with Gasteiger partial charge in [-0.15, -0.1) is 0 Å². The summed E-state index contributed by atoms with van der Waals surface area (Å²) in [5.41, 5.74) is 14.8. The molecule has 0 bridgehead atoms. The summed E-state index contributed by atoms with van der Waals surface area (Å²) in [5.74, 6) is -0.479. The lowest BCUT2D eigenvalue weighted by atomic mass is 10.1. The van der Waals surface area contributed by atoms with Crippen molar-refractivity contribution in [2.24, 2.45) is 10.8 Å². The van der Waals surface area contributed by atoms with Gasteiger partial charge in [0.05, 0.1) is 17.8 Å². The highest BCUT2D eigenvalue weighted by molar-refractivity contribution is 5.96. The largest absolute Gasteiger partial charge is 0.366 e. The molecule has 0 fully saturated rings. The van der Waals surface area contributed by atoms with E-state index in [9.17, 15) is 4.79 Å². The zero-order valence-electron chi connectivity index (χ0n) is 9.82. The molecular weight excluding hydrogens is 232 g/mol. The van der Waals surface area contributed by atoms with Gasteiger partial charge in [0.25, 0.3) is 0 Å². The van der Waals surface area contributed by atoms with E-state index in [0.29, 0.717) is 12.1 Å². The molecule has 0 saturated heterocycles. The van der Waals surface area contributed by atoms with Crippen molar-refractivity contribution < 1.29 is 4.79 Å². The summed E-state index contributed by atoms with van der Waals surface area (Å²) in [7, 11) is 0. The molecule has 1 heterocycles. The van der Waals surface area contributed by atoms with Gasteiger partial charge in [0.15, 0.2) is 0 Å². The molecule has 2 N–H and O–H groups in total. The lowest BCUT2D eigenvalue weighted by Gasteiger charge is -2.06. The highest BCUT2D eigenvalue weighted by Crippen LogP contribution is 2.16. The van der Waals surface area contributed by atoms with Gasteiger partial charge in [0.2, 0.25) is 5.91 Å². The van der Waals surface area contributed by atoms with Gasteiger partial charge in [-0.05, 0) is 17.7 Å². The van der Waals surface area contributed by atoms with Crippen LogP contribution in [0, 0.1) is 0 Å². The Hall–Kier alpha value is -2.53. The predicted molar refractivity (Wildman–Crippen MR) is 66.9 cm³/mol. The number of amides is 1. The lowest BCUT2D eigenvalue weighted by Crippen LogP contribution is -2.13. The van der Waals surface area contributed by atoms with Crippen LogP contribution in [0.25, 0.3) is 21.3 Å². The van der Waals surface area contributed by atoms with Gasteiger partial charge < -0.3 is 5.73 Å². The first kappa shape index (κ1) is 11.9. The first-order valence-electron chi connectivity index (χ1n) is 5.41. The fourth-order valence-corrected chi connectivity index (χ4v) is 1.74. The van der Waals surface area contributed by atoms with Crippen molar-refractivity contribution in [3.63, 3.8) is 0 Å². The van der Waals surface area contributed by atoms with Crippen LogP contribution in [0.15, 0.2) is 29.5 Å². The number of hydrogen-bond donors (Lipinski definition) is 1. The van der Waals surface area contributed by atoms with Crippen LogP contribution in [-0.4, -0.2) is 21.7 Å². The molecule has 0 aliphatic carbocycles. The first-order valence-corrected chi connectivity index (χ1v) is 5.41. The standard InChI is InChI=1S/C11H12N6O/c1-7(15-16-13)6-17-10-4-8(11(12)18)2-3-9(10)5-14-17/h2-5,7H,6H2,1H3,(H2,12,18)/t7-/m0/s1. The summed E-state index contributed by atoms with van der Waals surface area (Å²) in [4.78, 5) is 13.9. The van der Waals surface area contributed by atoms with Crippen molar-refractivity contribution in [1.29, 1.82) is 0 Å². The van der Waals surface area contributed by atoms with Crippen LogP contribution in [0.5, 0.6) is 0 Å². The molecule has 18 heavy (non-hydrogen) atoms. The second kappa shape index (κ2) is 4.77. The highest BCUT2D eigenvalue weighted by atomic mass is 16.1. The molecule has 1 atom stereocenters. The second-order valence-electron chi connectivity index (χ2n) is 4.02. The van der Waals surface area contributed by atoms with Gasteiger partial charge in [0, 0.05) is 22.4 Å². The van der Waals surface area contributed by atoms with Crippen molar-refractivity contribution in [1.82, 2.24) is 9.78 Å². The third-order valence-corrected chi connectivity index (χ3v) is 2.62. The third-order valence-electron chi connectivity index (χ3n) is 2.62. The van der Waals surface area contributed by atoms with Gasteiger partial charge in [-0.25, -0.2) is 0 Å². The Morgan fingerprint density at radius 3 is 3.11 bits per heavy atom. The van der Waals surface area contributed by atoms with E-state index in [-0.39, 0.29) is 6.04 Å². The van der Waals surface area contributed by atoms with Crippen LogP contribution in [-0.2, 0) is 6.54 Å². The molecule has 2 rings (SSSR count). The average Bonchev–Trinajstić information content (AvgIpc) is 2.72. The van der Waals surface area contributed by atoms with Crippen LogP contribution < -0.4 is 5.73 Å². The van der Waals surface area contributed by atoms with E-state index < -0.39 is 5.91 Å². The Bertz CT molecular complexity index is 640. The molecule has 1 aromatic heterocycles. The number of nitrogens with zero attached hydrogens (tertiary/aromatic N) is 5. The van der Waals surface area contributed by atoms with Gasteiger partial charge in [-0.2, -0.15) is 5.10 Å². The van der Waals surface area contributed by atoms with E-state index in [1.807, 2.05) is 0 Å². The van der Waals surface area contributed by atoms with Gasteiger partial charge in [-0.3, -0.25) is 9.48 Å². The van der Waals surface area contributed by atoms with Crippen molar-refractivity contribution in [3.05, 3.63) is 40.4 Å². The lowest BCUT2D eigenvalue weighted by molar-refractivity contribution is 0.100. The van der Waals surface area contributed by atoms with Crippen LogP contribution in [0.4, 0.5) is 0 Å². The zero-order chi connectivity index (χ0) is 13.1. The highest BCUT2D eigenvalue weighted by Gasteiger charge is 2.08. The fraction of sp³-hybridized carbons (Fsp3) is 0.273. The van der Waals surface area contributed by atoms with Crippen LogP contribution in [0.2, 0.25) is 0 Å². The Kier molecular flexibility index (Phi) is 3.16. The number of azide groups is 1. The second-order valence-corrected chi connectivity index (χ2v) is 4.02. The molecule has 0 aliphatic rings. The van der Waals surface area contributed by atoms with Crippen LogP contribution >= 0.6 is 0 Å². The molecule has 0 radical (unpaired) electrons. The van der Waals surface area contributed by atoms with Crippen molar-refractivity contribution in [2.45, 2.75) is 19.5 Å². The number of rotatable bonds is 4. The smallest absolute Gasteiger partial charge is 0.248 e.